The third-order valence-electron chi connectivity index (χ3n) is 4.25. The Hall–Kier alpha value is -3.47. The zero-order chi connectivity index (χ0) is 20.9. The molecule has 2 aromatic rings. The van der Waals surface area contributed by atoms with Crippen molar-refractivity contribution in [3.05, 3.63) is 36.0 Å². The predicted octanol–water partition coefficient (Wildman–Crippen LogP) is 3.24. The van der Waals surface area contributed by atoms with Crippen LogP contribution in [0.3, 0.4) is 0 Å². The van der Waals surface area contributed by atoms with Crippen molar-refractivity contribution >= 4 is 17.6 Å². The Morgan fingerprint density at radius 1 is 1.39 bits per heavy atom. The van der Waals surface area contributed by atoms with E-state index >= 15 is 0 Å². The normalized spacial score (nSPS) is 12.8. The van der Waals surface area contributed by atoms with Crippen molar-refractivity contribution in [2.45, 2.75) is 32.7 Å². The van der Waals surface area contributed by atoms with Crippen LogP contribution >= 0.6 is 0 Å². The number of aromatic nitrogens is 1. The Balaban J connectivity index is 2.28. The molecule has 1 aromatic heterocycles. The Morgan fingerprint density at radius 2 is 2.11 bits per heavy atom. The molecule has 0 bridgehead atoms. The van der Waals surface area contributed by atoms with E-state index in [2.05, 4.69) is 16.4 Å². The molecule has 0 aliphatic heterocycles. The van der Waals surface area contributed by atoms with E-state index in [-0.39, 0.29) is 18.3 Å². The van der Waals surface area contributed by atoms with E-state index in [1.807, 2.05) is 13.8 Å². The zero-order valence-electron chi connectivity index (χ0n) is 16.2. The van der Waals surface area contributed by atoms with Crippen LogP contribution in [0.5, 0.6) is 5.75 Å². The van der Waals surface area contributed by atoms with Gasteiger partial charge in [-0.3, -0.25) is 0 Å². The molecule has 1 heterocycles. The van der Waals surface area contributed by atoms with E-state index < -0.39 is 11.6 Å². The molecule has 1 amide bonds. The van der Waals surface area contributed by atoms with Crippen molar-refractivity contribution in [3.8, 4) is 22.9 Å². The molecular weight excluding hydrogens is 358 g/mol. The van der Waals surface area contributed by atoms with E-state index in [0.717, 1.165) is 0 Å². The quantitative estimate of drug-likeness (QED) is 0.573. The molecule has 0 saturated carbocycles. The number of hydrogen-bond donors (Lipinski definition) is 4. The number of nitriles is 1. The summed E-state index contributed by atoms with van der Waals surface area (Å²) in [6.45, 7) is 5.88. The summed E-state index contributed by atoms with van der Waals surface area (Å²) in [6, 6.07) is 8.92. The minimum atomic E-state index is -1.12. The number of hydrogen-bond acceptors (Lipinski definition) is 6. The number of nitrogens with two attached hydrogens (primary N) is 2. The molecule has 0 aliphatic rings. The van der Waals surface area contributed by atoms with Gasteiger partial charge in [0.1, 0.15) is 24.2 Å². The summed E-state index contributed by atoms with van der Waals surface area (Å²) < 4.78 is 5.82. The van der Waals surface area contributed by atoms with Gasteiger partial charge in [-0.25, -0.2) is 9.78 Å². The molecule has 2 rings (SSSR count). The second-order valence-electron chi connectivity index (χ2n) is 7.36. The van der Waals surface area contributed by atoms with Crippen LogP contribution < -0.4 is 21.5 Å². The average molecular weight is 383 g/mol. The maximum Gasteiger partial charge on any atom is 0.405 e. The van der Waals surface area contributed by atoms with Gasteiger partial charge in [-0.15, -0.1) is 0 Å². The van der Waals surface area contributed by atoms with Crippen molar-refractivity contribution in [1.29, 1.82) is 5.26 Å². The highest BCUT2D eigenvalue weighted by Crippen LogP contribution is 2.32. The maximum absolute atomic E-state index is 11.1. The fourth-order valence-electron chi connectivity index (χ4n) is 3.19. The Kier molecular flexibility index (Phi) is 6.31. The monoisotopic (exact) mass is 383 g/mol. The third kappa shape index (κ3) is 5.04. The van der Waals surface area contributed by atoms with Crippen LogP contribution in [-0.2, 0) is 0 Å². The first-order valence-electron chi connectivity index (χ1n) is 8.83. The van der Waals surface area contributed by atoms with Crippen LogP contribution in [0.25, 0.3) is 11.1 Å². The van der Waals surface area contributed by atoms with Gasteiger partial charge in [0.05, 0.1) is 16.8 Å². The predicted molar refractivity (Wildman–Crippen MR) is 108 cm³/mol. The summed E-state index contributed by atoms with van der Waals surface area (Å²) in [5.74, 6) is 0.855. The Bertz CT molecular complexity index is 907. The number of nitrogen functional groups attached to an aromatic ring is 2. The average Bonchev–Trinajstić information content (AvgIpc) is 2.61. The second kappa shape index (κ2) is 8.48. The maximum atomic E-state index is 11.1. The fourth-order valence-corrected chi connectivity index (χ4v) is 3.19. The Morgan fingerprint density at radius 3 is 2.71 bits per heavy atom. The first kappa shape index (κ1) is 20.8. The van der Waals surface area contributed by atoms with Gasteiger partial charge >= 0.3 is 6.09 Å². The summed E-state index contributed by atoms with van der Waals surface area (Å²) in [7, 11) is 0. The van der Waals surface area contributed by atoms with Gasteiger partial charge in [-0.2, -0.15) is 5.26 Å². The molecule has 1 unspecified atom stereocenters. The summed E-state index contributed by atoms with van der Waals surface area (Å²) in [5.41, 5.74) is 13.0. The van der Waals surface area contributed by atoms with Gasteiger partial charge in [-0.1, -0.05) is 19.9 Å². The number of pyridine rings is 1. The number of carbonyl (C=O) groups is 1. The van der Waals surface area contributed by atoms with Crippen LogP contribution in [0.2, 0.25) is 0 Å². The van der Waals surface area contributed by atoms with Gasteiger partial charge in [0.15, 0.2) is 0 Å². The van der Waals surface area contributed by atoms with E-state index in [4.69, 9.17) is 21.3 Å². The topological polar surface area (TPSA) is 147 Å². The zero-order valence-corrected chi connectivity index (χ0v) is 16.2. The minimum absolute atomic E-state index is 0.0931. The molecule has 148 valence electrons. The molecule has 0 aliphatic carbocycles. The molecule has 0 spiro atoms. The lowest BCUT2D eigenvalue weighted by Crippen LogP contribution is -2.50. The largest absolute Gasteiger partial charge is 0.490 e. The smallest absolute Gasteiger partial charge is 0.405 e. The van der Waals surface area contributed by atoms with E-state index in [1.54, 1.807) is 37.4 Å². The van der Waals surface area contributed by atoms with E-state index in [0.29, 0.717) is 34.5 Å². The first-order valence-corrected chi connectivity index (χ1v) is 8.83. The lowest BCUT2D eigenvalue weighted by molar-refractivity contribution is 0.143. The number of anilines is 2. The molecule has 0 fully saturated rings. The van der Waals surface area contributed by atoms with Crippen LogP contribution in [0.15, 0.2) is 30.5 Å². The number of amides is 1. The molecule has 8 heteroatoms. The van der Waals surface area contributed by atoms with Crippen molar-refractivity contribution in [2.24, 2.45) is 5.92 Å². The summed E-state index contributed by atoms with van der Waals surface area (Å²) >= 11 is 0. The van der Waals surface area contributed by atoms with Crippen molar-refractivity contribution in [2.75, 3.05) is 18.1 Å². The summed E-state index contributed by atoms with van der Waals surface area (Å²) in [5, 5.41) is 21.2. The highest BCUT2D eigenvalue weighted by molar-refractivity contribution is 5.83. The van der Waals surface area contributed by atoms with Crippen LogP contribution in [0.4, 0.5) is 16.3 Å². The molecule has 0 radical (unpaired) electrons. The molecular formula is C20H25N5O3. The molecule has 6 N–H and O–H groups in total. The lowest BCUT2D eigenvalue weighted by Gasteiger charge is -2.31. The van der Waals surface area contributed by atoms with E-state index in [9.17, 15) is 10.1 Å². The van der Waals surface area contributed by atoms with Crippen molar-refractivity contribution in [3.63, 3.8) is 0 Å². The van der Waals surface area contributed by atoms with Crippen LogP contribution in [0, 0.1) is 17.2 Å². The molecule has 1 aromatic carbocycles. The lowest BCUT2D eigenvalue weighted by atomic mass is 9.91. The number of rotatable bonds is 7. The van der Waals surface area contributed by atoms with Gasteiger partial charge in [-0.05, 0) is 43.0 Å². The van der Waals surface area contributed by atoms with Crippen LogP contribution in [-0.4, -0.2) is 28.3 Å². The molecule has 0 saturated heterocycles. The highest BCUT2D eigenvalue weighted by atomic mass is 16.5. The number of nitrogens with one attached hydrogen (secondary N) is 1. The summed E-state index contributed by atoms with van der Waals surface area (Å²) in [4.78, 5) is 15.1. The minimum Gasteiger partial charge on any atom is -0.490 e. The second-order valence-corrected chi connectivity index (χ2v) is 7.36. The molecule has 8 nitrogen and oxygen atoms in total. The number of benzene rings is 1. The highest BCUT2D eigenvalue weighted by Gasteiger charge is 2.29. The third-order valence-corrected chi connectivity index (χ3v) is 4.25. The molecule has 28 heavy (non-hydrogen) atoms. The fraction of sp³-hybridized carbons (Fsp3) is 0.350. The standard InChI is InChI=1S/C20H25N5O3/c1-12(2)9-20(3,25-19(26)27)11-28-16-5-4-13(8-14(16)10-21)15-6-7-24-18(23)17(15)22/h4-8,12,25H,9,11,22H2,1-3H3,(H2,23,24)(H,26,27). The Labute approximate surface area is 164 Å². The van der Waals surface area contributed by atoms with Gasteiger partial charge < -0.3 is 26.6 Å². The number of ether oxygens (including phenoxy) is 1. The van der Waals surface area contributed by atoms with Crippen molar-refractivity contribution in [1.82, 2.24) is 10.3 Å². The molecule has 1 atom stereocenters. The number of carboxylic acid groups (broad SMARTS) is 1. The van der Waals surface area contributed by atoms with Gasteiger partial charge in [0.2, 0.25) is 0 Å². The van der Waals surface area contributed by atoms with Crippen LogP contribution in [0.1, 0.15) is 32.8 Å². The summed E-state index contributed by atoms with van der Waals surface area (Å²) in [6.07, 6.45) is 1.02. The van der Waals surface area contributed by atoms with Gasteiger partial charge in [0, 0.05) is 11.8 Å². The SMILES string of the molecule is CC(C)CC(C)(COc1ccc(-c2ccnc(N)c2N)cc1C#N)NC(=O)O. The first-order chi connectivity index (χ1) is 13.1. The number of nitrogens with zero attached hydrogens (tertiary/aromatic N) is 2. The van der Waals surface area contributed by atoms with Crippen molar-refractivity contribution < 1.29 is 14.6 Å². The van der Waals surface area contributed by atoms with Gasteiger partial charge in [0.25, 0.3) is 0 Å². The van der Waals surface area contributed by atoms with E-state index in [1.165, 1.54) is 0 Å².